The molecule has 0 radical (unpaired) electrons. The van der Waals surface area contributed by atoms with Crippen molar-refractivity contribution in [2.24, 2.45) is 5.73 Å². The van der Waals surface area contributed by atoms with Crippen LogP contribution in [0.1, 0.15) is 12.0 Å². The third kappa shape index (κ3) is 2.53. The Morgan fingerprint density at radius 3 is 2.82 bits per heavy atom. The molecule has 1 atom stereocenters. The molecule has 0 saturated carbocycles. The fourth-order valence-electron chi connectivity index (χ4n) is 2.28. The molecule has 0 amide bonds. The summed E-state index contributed by atoms with van der Waals surface area (Å²) in [6, 6.07) is 6.05. The Bertz CT molecular complexity index is 382. The highest BCUT2D eigenvalue weighted by Gasteiger charge is 2.23. The van der Waals surface area contributed by atoms with Gasteiger partial charge in [0.2, 0.25) is 0 Å². The smallest absolute Gasteiger partial charge is 0.120 e. The van der Waals surface area contributed by atoms with Crippen LogP contribution < -0.4 is 15.4 Å². The van der Waals surface area contributed by atoms with Crippen LogP contribution in [0.5, 0.6) is 5.75 Å². The number of anilines is 1. The lowest BCUT2D eigenvalue weighted by atomic mass is 10.1. The van der Waals surface area contributed by atoms with Gasteiger partial charge in [-0.05, 0) is 18.1 Å². The van der Waals surface area contributed by atoms with Gasteiger partial charge in [-0.3, -0.25) is 0 Å². The van der Waals surface area contributed by atoms with Crippen molar-refractivity contribution in [2.75, 3.05) is 32.2 Å². The molecule has 0 aliphatic carbocycles. The number of ether oxygens (including phenoxy) is 2. The summed E-state index contributed by atoms with van der Waals surface area (Å²) in [5.74, 6) is 0.873. The number of hydrogen-bond donors (Lipinski definition) is 1. The number of hydrogen-bond acceptors (Lipinski definition) is 4. The average molecular weight is 236 g/mol. The van der Waals surface area contributed by atoms with E-state index in [0.29, 0.717) is 12.6 Å². The van der Waals surface area contributed by atoms with Gasteiger partial charge in [-0.25, -0.2) is 0 Å². The maximum Gasteiger partial charge on any atom is 0.120 e. The summed E-state index contributed by atoms with van der Waals surface area (Å²) < 4.78 is 10.7. The van der Waals surface area contributed by atoms with Crippen LogP contribution in [0.3, 0.4) is 0 Å². The molecule has 0 spiro atoms. The summed E-state index contributed by atoms with van der Waals surface area (Å²) in [6.07, 6.45) is 1.39. The van der Waals surface area contributed by atoms with E-state index < -0.39 is 0 Å². The zero-order chi connectivity index (χ0) is 12.3. The minimum atomic E-state index is 0.326. The summed E-state index contributed by atoms with van der Waals surface area (Å²) in [4.78, 5) is 2.32. The molecule has 0 aromatic heterocycles. The highest BCUT2D eigenvalue weighted by molar-refractivity contribution is 5.58. The van der Waals surface area contributed by atoms with Gasteiger partial charge >= 0.3 is 0 Å². The van der Waals surface area contributed by atoms with E-state index >= 15 is 0 Å². The first-order valence-electron chi connectivity index (χ1n) is 5.93. The summed E-state index contributed by atoms with van der Waals surface area (Å²) in [5, 5.41) is 0. The number of nitrogens with zero attached hydrogens (tertiary/aromatic N) is 1. The van der Waals surface area contributed by atoms with Crippen LogP contribution in [0, 0.1) is 0 Å². The van der Waals surface area contributed by atoms with Gasteiger partial charge in [0, 0.05) is 38.5 Å². The standard InChI is InChI=1S/C13H20N2O2/c1-16-11-4-3-10(8-14)13(7-11)15-6-5-12(9-15)17-2/h3-4,7,12H,5-6,8-9,14H2,1-2H3. The lowest BCUT2D eigenvalue weighted by Crippen LogP contribution is -2.23. The highest BCUT2D eigenvalue weighted by atomic mass is 16.5. The molecule has 2 N–H and O–H groups in total. The molecular formula is C13H20N2O2. The zero-order valence-corrected chi connectivity index (χ0v) is 10.5. The number of benzene rings is 1. The van der Waals surface area contributed by atoms with Crippen molar-refractivity contribution in [3.8, 4) is 5.75 Å². The molecule has 1 aliphatic rings. The van der Waals surface area contributed by atoms with E-state index in [1.165, 1.54) is 5.69 Å². The lowest BCUT2D eigenvalue weighted by Gasteiger charge is -2.22. The maximum absolute atomic E-state index is 5.78. The molecule has 1 saturated heterocycles. The van der Waals surface area contributed by atoms with Crippen molar-refractivity contribution in [3.05, 3.63) is 23.8 Å². The Kier molecular flexibility index (Phi) is 3.86. The summed E-state index contributed by atoms with van der Waals surface area (Å²) in [7, 11) is 3.45. The molecule has 1 unspecified atom stereocenters. The van der Waals surface area contributed by atoms with Crippen LogP contribution in [-0.4, -0.2) is 33.4 Å². The van der Waals surface area contributed by atoms with Gasteiger partial charge in [0.05, 0.1) is 13.2 Å². The number of nitrogens with two attached hydrogens (primary N) is 1. The van der Waals surface area contributed by atoms with Gasteiger partial charge in [0.1, 0.15) is 5.75 Å². The maximum atomic E-state index is 5.78. The normalized spacial score (nSPS) is 19.7. The summed E-state index contributed by atoms with van der Waals surface area (Å²) in [6.45, 7) is 2.49. The molecule has 1 fully saturated rings. The van der Waals surface area contributed by atoms with Gasteiger partial charge in [-0.1, -0.05) is 6.07 Å². The molecule has 4 heteroatoms. The average Bonchev–Trinajstić information content (AvgIpc) is 2.86. The predicted octanol–water partition coefficient (Wildman–Crippen LogP) is 1.38. The van der Waals surface area contributed by atoms with E-state index in [2.05, 4.69) is 11.0 Å². The van der Waals surface area contributed by atoms with Crippen LogP contribution in [0.25, 0.3) is 0 Å². The lowest BCUT2D eigenvalue weighted by molar-refractivity contribution is 0.121. The van der Waals surface area contributed by atoms with E-state index in [1.807, 2.05) is 12.1 Å². The fraction of sp³-hybridized carbons (Fsp3) is 0.538. The highest BCUT2D eigenvalue weighted by Crippen LogP contribution is 2.29. The second-order valence-corrected chi connectivity index (χ2v) is 4.29. The van der Waals surface area contributed by atoms with Gasteiger partial charge in [-0.2, -0.15) is 0 Å². The Morgan fingerprint density at radius 1 is 1.41 bits per heavy atom. The first-order valence-corrected chi connectivity index (χ1v) is 5.93. The van der Waals surface area contributed by atoms with Crippen LogP contribution in [0.2, 0.25) is 0 Å². The van der Waals surface area contributed by atoms with Crippen LogP contribution >= 0.6 is 0 Å². The van der Waals surface area contributed by atoms with Gasteiger partial charge in [0.15, 0.2) is 0 Å². The van der Waals surface area contributed by atoms with E-state index in [9.17, 15) is 0 Å². The Hall–Kier alpha value is -1.26. The topological polar surface area (TPSA) is 47.7 Å². The predicted molar refractivity (Wildman–Crippen MR) is 68.5 cm³/mol. The van der Waals surface area contributed by atoms with E-state index in [4.69, 9.17) is 15.2 Å². The van der Waals surface area contributed by atoms with E-state index in [1.54, 1.807) is 14.2 Å². The zero-order valence-electron chi connectivity index (χ0n) is 10.5. The number of rotatable bonds is 4. The molecule has 1 aromatic rings. The molecule has 1 aliphatic heterocycles. The Labute approximate surface area is 102 Å². The summed E-state index contributed by atoms with van der Waals surface area (Å²) in [5.41, 5.74) is 8.11. The quantitative estimate of drug-likeness (QED) is 0.858. The molecule has 2 rings (SSSR count). The molecule has 0 bridgehead atoms. The van der Waals surface area contributed by atoms with Crippen LogP contribution in [-0.2, 0) is 11.3 Å². The summed E-state index contributed by atoms with van der Waals surface area (Å²) >= 11 is 0. The van der Waals surface area contributed by atoms with Crippen molar-refractivity contribution >= 4 is 5.69 Å². The largest absolute Gasteiger partial charge is 0.497 e. The van der Waals surface area contributed by atoms with Crippen molar-refractivity contribution < 1.29 is 9.47 Å². The van der Waals surface area contributed by atoms with E-state index in [0.717, 1.165) is 30.8 Å². The van der Waals surface area contributed by atoms with Gasteiger partial charge in [0.25, 0.3) is 0 Å². The van der Waals surface area contributed by atoms with Gasteiger partial charge < -0.3 is 20.1 Å². The van der Waals surface area contributed by atoms with Crippen molar-refractivity contribution in [3.63, 3.8) is 0 Å². The van der Waals surface area contributed by atoms with Crippen molar-refractivity contribution in [1.29, 1.82) is 0 Å². The molecule has 1 heterocycles. The van der Waals surface area contributed by atoms with Crippen LogP contribution in [0.15, 0.2) is 18.2 Å². The minimum absolute atomic E-state index is 0.326. The van der Waals surface area contributed by atoms with Crippen LogP contribution in [0.4, 0.5) is 5.69 Å². The SMILES string of the molecule is COc1ccc(CN)c(N2CCC(OC)C2)c1. The molecule has 4 nitrogen and oxygen atoms in total. The third-order valence-corrected chi connectivity index (χ3v) is 3.33. The molecule has 1 aromatic carbocycles. The second-order valence-electron chi connectivity index (χ2n) is 4.29. The molecule has 17 heavy (non-hydrogen) atoms. The Morgan fingerprint density at radius 2 is 2.24 bits per heavy atom. The monoisotopic (exact) mass is 236 g/mol. The minimum Gasteiger partial charge on any atom is -0.497 e. The van der Waals surface area contributed by atoms with E-state index in [-0.39, 0.29) is 0 Å². The Balaban J connectivity index is 2.24. The first kappa shape index (κ1) is 12.2. The molecular weight excluding hydrogens is 216 g/mol. The van der Waals surface area contributed by atoms with Crippen molar-refractivity contribution in [1.82, 2.24) is 0 Å². The molecule has 94 valence electrons. The number of methoxy groups -OCH3 is 2. The first-order chi connectivity index (χ1) is 8.28. The fourth-order valence-corrected chi connectivity index (χ4v) is 2.28. The van der Waals surface area contributed by atoms with Crippen molar-refractivity contribution in [2.45, 2.75) is 19.1 Å². The third-order valence-electron chi connectivity index (χ3n) is 3.33. The second kappa shape index (κ2) is 5.38. The van der Waals surface area contributed by atoms with Gasteiger partial charge in [-0.15, -0.1) is 0 Å².